The molecule has 0 radical (unpaired) electrons. The van der Waals surface area contributed by atoms with Gasteiger partial charge in [-0.2, -0.15) is 0 Å². The first kappa shape index (κ1) is 11.0. The highest BCUT2D eigenvalue weighted by Crippen LogP contribution is 2.33. The molecule has 0 amide bonds. The van der Waals surface area contributed by atoms with Crippen molar-refractivity contribution in [3.05, 3.63) is 53.9 Å². The van der Waals surface area contributed by atoms with Gasteiger partial charge in [0.15, 0.2) is 17.3 Å². The Morgan fingerprint density at radius 1 is 1.20 bits per heavy atom. The summed E-state index contributed by atoms with van der Waals surface area (Å²) in [6, 6.07) is 8.89. The molecule has 20 heavy (non-hydrogen) atoms. The second kappa shape index (κ2) is 4.09. The summed E-state index contributed by atoms with van der Waals surface area (Å²) in [5, 5.41) is 0.815. The molecule has 2 aromatic heterocycles. The van der Waals surface area contributed by atoms with Gasteiger partial charge in [0, 0.05) is 28.9 Å². The zero-order valence-electron chi connectivity index (χ0n) is 10.4. The number of nitrogens with one attached hydrogen (secondary N) is 1. The summed E-state index contributed by atoms with van der Waals surface area (Å²) in [7, 11) is 0. The van der Waals surface area contributed by atoms with Crippen LogP contribution < -0.4 is 9.47 Å². The summed E-state index contributed by atoms with van der Waals surface area (Å²) in [6.45, 7) is 0.198. The van der Waals surface area contributed by atoms with E-state index in [0.717, 1.165) is 5.39 Å². The van der Waals surface area contributed by atoms with E-state index < -0.39 is 0 Å². The molecule has 4 rings (SSSR count). The number of hydrogen-bond donors (Lipinski definition) is 1. The lowest BCUT2D eigenvalue weighted by Crippen LogP contribution is -2.00. The number of ether oxygens (including phenoxy) is 2. The number of fused-ring (bicyclic) bond motifs is 2. The molecule has 1 N–H and O–H groups in total. The largest absolute Gasteiger partial charge is 0.454 e. The van der Waals surface area contributed by atoms with E-state index in [9.17, 15) is 4.79 Å². The van der Waals surface area contributed by atoms with Gasteiger partial charge < -0.3 is 14.5 Å². The van der Waals surface area contributed by atoms with Gasteiger partial charge in [-0.05, 0) is 30.3 Å². The van der Waals surface area contributed by atoms with Crippen LogP contribution in [0.25, 0.3) is 11.0 Å². The van der Waals surface area contributed by atoms with Crippen LogP contribution in [0.4, 0.5) is 0 Å². The monoisotopic (exact) mass is 266 g/mol. The van der Waals surface area contributed by atoms with Crippen molar-refractivity contribution in [2.24, 2.45) is 0 Å². The number of pyridine rings is 1. The normalized spacial score (nSPS) is 12.8. The van der Waals surface area contributed by atoms with Gasteiger partial charge in [0.05, 0.1) is 0 Å². The van der Waals surface area contributed by atoms with Crippen LogP contribution in [-0.4, -0.2) is 22.5 Å². The molecule has 0 saturated heterocycles. The zero-order chi connectivity index (χ0) is 13.5. The van der Waals surface area contributed by atoms with E-state index in [0.29, 0.717) is 28.3 Å². The van der Waals surface area contributed by atoms with Crippen molar-refractivity contribution in [2.75, 3.05) is 6.79 Å². The van der Waals surface area contributed by atoms with Crippen molar-refractivity contribution >= 4 is 16.8 Å². The Bertz CT molecular complexity index is 823. The van der Waals surface area contributed by atoms with Crippen LogP contribution in [0.1, 0.15) is 15.9 Å². The number of rotatable bonds is 2. The SMILES string of the molecule is O=C(c1ccc2c(c1)OCO2)c1c[nH]c2ncccc12. The molecule has 0 atom stereocenters. The fraction of sp³-hybridized carbons (Fsp3) is 0.0667. The highest BCUT2D eigenvalue weighted by molar-refractivity contribution is 6.16. The van der Waals surface area contributed by atoms with Gasteiger partial charge in [0.2, 0.25) is 6.79 Å². The lowest BCUT2D eigenvalue weighted by Gasteiger charge is -2.01. The van der Waals surface area contributed by atoms with Gasteiger partial charge in [-0.15, -0.1) is 0 Å². The van der Waals surface area contributed by atoms with E-state index in [4.69, 9.17) is 9.47 Å². The zero-order valence-corrected chi connectivity index (χ0v) is 10.4. The van der Waals surface area contributed by atoms with Crippen LogP contribution in [0.5, 0.6) is 11.5 Å². The molecule has 1 aliphatic rings. The highest BCUT2D eigenvalue weighted by atomic mass is 16.7. The molecule has 5 heteroatoms. The van der Waals surface area contributed by atoms with Gasteiger partial charge in [-0.3, -0.25) is 4.79 Å². The van der Waals surface area contributed by atoms with Crippen LogP contribution in [0.3, 0.4) is 0 Å². The third-order valence-electron chi connectivity index (χ3n) is 3.33. The summed E-state index contributed by atoms with van der Waals surface area (Å²) in [6.07, 6.45) is 3.37. The number of hydrogen-bond acceptors (Lipinski definition) is 4. The van der Waals surface area contributed by atoms with Crippen molar-refractivity contribution in [3.8, 4) is 11.5 Å². The quantitative estimate of drug-likeness (QED) is 0.724. The molecule has 0 unspecified atom stereocenters. The molecule has 0 aliphatic carbocycles. The molecule has 0 bridgehead atoms. The number of ketones is 1. The maximum Gasteiger partial charge on any atom is 0.231 e. The molecule has 1 aliphatic heterocycles. The summed E-state index contributed by atoms with van der Waals surface area (Å²) in [5.41, 5.74) is 1.88. The Labute approximate surface area is 114 Å². The fourth-order valence-corrected chi connectivity index (χ4v) is 2.34. The minimum Gasteiger partial charge on any atom is -0.454 e. The summed E-state index contributed by atoms with van der Waals surface area (Å²) >= 11 is 0. The molecule has 3 aromatic rings. The van der Waals surface area contributed by atoms with E-state index >= 15 is 0 Å². The molecule has 5 nitrogen and oxygen atoms in total. The van der Waals surface area contributed by atoms with E-state index in [2.05, 4.69) is 9.97 Å². The maximum atomic E-state index is 12.6. The standard InChI is InChI=1S/C15H10N2O3/c18-14(9-3-4-12-13(6-9)20-8-19-12)11-7-17-15-10(11)2-1-5-16-15/h1-7H,8H2,(H,16,17). The summed E-state index contributed by atoms with van der Waals surface area (Å²) in [4.78, 5) is 19.8. The van der Waals surface area contributed by atoms with Crippen LogP contribution in [0, 0.1) is 0 Å². The van der Waals surface area contributed by atoms with Gasteiger partial charge >= 0.3 is 0 Å². The van der Waals surface area contributed by atoms with Crippen molar-refractivity contribution < 1.29 is 14.3 Å². The van der Waals surface area contributed by atoms with Gasteiger partial charge in [-0.1, -0.05) is 0 Å². The van der Waals surface area contributed by atoms with Gasteiger partial charge in [-0.25, -0.2) is 4.98 Å². The molecule has 0 fully saturated rings. The number of benzene rings is 1. The smallest absolute Gasteiger partial charge is 0.231 e. The second-order valence-corrected chi connectivity index (χ2v) is 4.50. The van der Waals surface area contributed by atoms with Crippen molar-refractivity contribution in [1.82, 2.24) is 9.97 Å². The van der Waals surface area contributed by atoms with E-state index in [1.807, 2.05) is 12.1 Å². The molecular formula is C15H10N2O3. The Kier molecular flexibility index (Phi) is 2.26. The lowest BCUT2D eigenvalue weighted by molar-refractivity contribution is 0.104. The Morgan fingerprint density at radius 2 is 2.10 bits per heavy atom. The number of H-pyrrole nitrogens is 1. The number of carbonyl (C=O) groups excluding carboxylic acids is 1. The Morgan fingerprint density at radius 3 is 3.05 bits per heavy atom. The van der Waals surface area contributed by atoms with Crippen LogP contribution in [0.15, 0.2) is 42.7 Å². The van der Waals surface area contributed by atoms with Gasteiger partial charge in [0.1, 0.15) is 5.65 Å². The van der Waals surface area contributed by atoms with Crippen LogP contribution in [0.2, 0.25) is 0 Å². The molecule has 0 saturated carbocycles. The number of nitrogens with zero attached hydrogens (tertiary/aromatic N) is 1. The Hall–Kier alpha value is -2.82. The predicted molar refractivity (Wildman–Crippen MR) is 72.1 cm³/mol. The third-order valence-corrected chi connectivity index (χ3v) is 3.33. The average molecular weight is 266 g/mol. The lowest BCUT2D eigenvalue weighted by atomic mass is 10.0. The van der Waals surface area contributed by atoms with Crippen LogP contribution >= 0.6 is 0 Å². The number of aromatic amines is 1. The second-order valence-electron chi connectivity index (χ2n) is 4.50. The molecule has 1 aromatic carbocycles. The topological polar surface area (TPSA) is 64.2 Å². The van der Waals surface area contributed by atoms with Crippen molar-refractivity contribution in [1.29, 1.82) is 0 Å². The number of aromatic nitrogens is 2. The minimum atomic E-state index is -0.0671. The first-order valence-corrected chi connectivity index (χ1v) is 6.19. The first-order valence-electron chi connectivity index (χ1n) is 6.19. The van der Waals surface area contributed by atoms with E-state index in [1.165, 1.54) is 0 Å². The molecule has 3 heterocycles. The summed E-state index contributed by atoms with van der Waals surface area (Å²) in [5.74, 6) is 1.21. The fourth-order valence-electron chi connectivity index (χ4n) is 2.34. The average Bonchev–Trinajstić information content (AvgIpc) is 3.12. The minimum absolute atomic E-state index is 0.0671. The Balaban J connectivity index is 1.80. The molecular weight excluding hydrogens is 256 g/mol. The van der Waals surface area contributed by atoms with Gasteiger partial charge in [0.25, 0.3) is 0 Å². The van der Waals surface area contributed by atoms with E-state index in [1.54, 1.807) is 30.6 Å². The number of carbonyl (C=O) groups is 1. The first-order chi connectivity index (χ1) is 9.83. The summed E-state index contributed by atoms with van der Waals surface area (Å²) < 4.78 is 10.5. The maximum absolute atomic E-state index is 12.6. The predicted octanol–water partition coefficient (Wildman–Crippen LogP) is 2.52. The molecule has 0 spiro atoms. The van der Waals surface area contributed by atoms with Crippen molar-refractivity contribution in [3.63, 3.8) is 0 Å². The van der Waals surface area contributed by atoms with Crippen molar-refractivity contribution in [2.45, 2.75) is 0 Å². The highest BCUT2D eigenvalue weighted by Gasteiger charge is 2.19. The van der Waals surface area contributed by atoms with Crippen LogP contribution in [-0.2, 0) is 0 Å². The van der Waals surface area contributed by atoms with E-state index in [-0.39, 0.29) is 12.6 Å². The molecule has 98 valence electrons. The third kappa shape index (κ3) is 1.56.